The molecule has 5 aromatic rings. The number of oxazole rings is 1. The summed E-state index contributed by atoms with van der Waals surface area (Å²) in [6.45, 7) is 2.41. The molecule has 0 saturated carbocycles. The highest BCUT2D eigenvalue weighted by Gasteiger charge is 2.18. The second kappa shape index (κ2) is 8.34. The van der Waals surface area contributed by atoms with E-state index in [4.69, 9.17) is 21.0 Å². The Labute approximate surface area is 189 Å². The smallest absolute Gasteiger partial charge is 0.292 e. The Morgan fingerprint density at radius 2 is 1.85 bits per heavy atom. The monoisotopic (exact) mass is 441 g/mol. The molecule has 0 bridgehead atoms. The first kappa shape index (κ1) is 20.6. The highest BCUT2D eigenvalue weighted by atomic mass is 16.4. The summed E-state index contributed by atoms with van der Waals surface area (Å²) in [4.78, 5) is 24.4. The molecule has 5 rings (SSSR count). The average molecular weight is 441 g/mol. The number of hydrogen-bond donors (Lipinski definition) is 2. The van der Waals surface area contributed by atoms with Crippen LogP contribution in [0.25, 0.3) is 33.4 Å². The lowest BCUT2D eigenvalue weighted by molar-refractivity contribution is -0.118. The van der Waals surface area contributed by atoms with Gasteiger partial charge in [0.2, 0.25) is 0 Å². The lowest BCUT2D eigenvalue weighted by atomic mass is 10.0. The molecule has 0 saturated heterocycles. The van der Waals surface area contributed by atoms with Crippen LogP contribution in [0.4, 0.5) is 11.8 Å². The molecule has 9 heteroatoms. The molecular weight excluding hydrogens is 418 g/mol. The largest absolute Gasteiger partial charge is 0.424 e. The molecule has 0 aliphatic rings. The van der Waals surface area contributed by atoms with Gasteiger partial charge >= 0.3 is 0 Å². The standard InChI is InChI=1S/C24H23N7O2/c1-2-17(32)9-7-14-3-5-15(6-4-14)12-31-23-20(22(25)27-13-28-23)21(30-31)16-8-10-19-18(11-16)29-24(26)33-19/h3-6,8,10-11,13H,2,7,9,12H2,1H3,(H2,26,29)(H2,25,27,28). The Morgan fingerprint density at radius 1 is 1.06 bits per heavy atom. The molecule has 3 aromatic heterocycles. The quantitative estimate of drug-likeness (QED) is 0.389. The van der Waals surface area contributed by atoms with Crippen molar-refractivity contribution in [3.63, 3.8) is 0 Å². The molecule has 0 unspecified atom stereocenters. The molecule has 0 spiro atoms. The van der Waals surface area contributed by atoms with Crippen LogP contribution < -0.4 is 11.5 Å². The van der Waals surface area contributed by atoms with Gasteiger partial charge in [-0.2, -0.15) is 10.1 Å². The summed E-state index contributed by atoms with van der Waals surface area (Å²) in [5.41, 5.74) is 17.5. The van der Waals surface area contributed by atoms with Crippen molar-refractivity contribution in [1.82, 2.24) is 24.7 Å². The number of aryl methyl sites for hydroxylation is 1. The van der Waals surface area contributed by atoms with Crippen molar-refractivity contribution < 1.29 is 9.21 Å². The SMILES string of the molecule is CCC(=O)CCc1ccc(Cn2nc(-c3ccc4oc(N)nc4c3)c3c(N)ncnc32)cc1. The number of carbonyl (C=O) groups is 1. The summed E-state index contributed by atoms with van der Waals surface area (Å²) in [5, 5.41) is 5.51. The second-order valence-corrected chi connectivity index (χ2v) is 7.91. The minimum absolute atomic E-state index is 0.114. The van der Waals surface area contributed by atoms with E-state index in [1.165, 1.54) is 6.33 Å². The summed E-state index contributed by atoms with van der Waals surface area (Å²) in [7, 11) is 0. The third-order valence-electron chi connectivity index (χ3n) is 5.68. The third-order valence-corrected chi connectivity index (χ3v) is 5.68. The van der Waals surface area contributed by atoms with Gasteiger partial charge in [-0.3, -0.25) is 4.79 Å². The van der Waals surface area contributed by atoms with Crippen LogP contribution in [-0.2, 0) is 17.8 Å². The molecule has 0 aliphatic heterocycles. The van der Waals surface area contributed by atoms with Gasteiger partial charge in [0.1, 0.15) is 29.1 Å². The predicted octanol–water partition coefficient (Wildman–Crippen LogP) is 3.76. The maximum absolute atomic E-state index is 11.6. The lowest BCUT2D eigenvalue weighted by Gasteiger charge is -2.05. The molecule has 166 valence electrons. The minimum Gasteiger partial charge on any atom is -0.424 e. The van der Waals surface area contributed by atoms with Gasteiger partial charge in [0, 0.05) is 18.4 Å². The van der Waals surface area contributed by atoms with Crippen LogP contribution in [-0.4, -0.2) is 30.5 Å². The van der Waals surface area contributed by atoms with Crippen molar-refractivity contribution in [2.24, 2.45) is 0 Å². The van der Waals surface area contributed by atoms with Crippen LogP contribution in [0.5, 0.6) is 0 Å². The van der Waals surface area contributed by atoms with Crippen LogP contribution >= 0.6 is 0 Å². The average Bonchev–Trinajstić information content (AvgIpc) is 3.38. The van der Waals surface area contributed by atoms with E-state index < -0.39 is 0 Å². The molecule has 0 atom stereocenters. The Hall–Kier alpha value is -4.27. The van der Waals surface area contributed by atoms with Crippen LogP contribution in [0.15, 0.2) is 53.2 Å². The van der Waals surface area contributed by atoms with Crippen molar-refractivity contribution in [3.05, 3.63) is 59.9 Å². The van der Waals surface area contributed by atoms with Gasteiger partial charge < -0.3 is 15.9 Å². The van der Waals surface area contributed by atoms with E-state index >= 15 is 0 Å². The zero-order valence-electron chi connectivity index (χ0n) is 18.2. The van der Waals surface area contributed by atoms with E-state index in [1.54, 1.807) is 6.07 Å². The maximum Gasteiger partial charge on any atom is 0.292 e. The predicted molar refractivity (Wildman–Crippen MR) is 126 cm³/mol. The van der Waals surface area contributed by atoms with Gasteiger partial charge in [-0.15, -0.1) is 0 Å². The van der Waals surface area contributed by atoms with Gasteiger partial charge in [-0.1, -0.05) is 31.2 Å². The highest BCUT2D eigenvalue weighted by Crippen LogP contribution is 2.32. The highest BCUT2D eigenvalue weighted by molar-refractivity contribution is 5.99. The van der Waals surface area contributed by atoms with E-state index in [9.17, 15) is 4.79 Å². The fraction of sp³-hybridized carbons (Fsp3) is 0.208. The number of nitrogens with zero attached hydrogens (tertiary/aromatic N) is 5. The Balaban J connectivity index is 1.49. The van der Waals surface area contributed by atoms with Crippen molar-refractivity contribution in [3.8, 4) is 11.3 Å². The molecule has 9 nitrogen and oxygen atoms in total. The molecule has 0 fully saturated rings. The molecule has 33 heavy (non-hydrogen) atoms. The van der Waals surface area contributed by atoms with Crippen molar-refractivity contribution >= 4 is 39.7 Å². The second-order valence-electron chi connectivity index (χ2n) is 7.91. The summed E-state index contributed by atoms with van der Waals surface area (Å²) >= 11 is 0. The number of hydrogen-bond acceptors (Lipinski definition) is 8. The first-order valence-electron chi connectivity index (χ1n) is 10.7. The number of benzene rings is 2. The first-order chi connectivity index (χ1) is 16.0. The number of carbonyl (C=O) groups excluding carboxylic acids is 1. The van der Waals surface area contributed by atoms with Gasteiger partial charge in [-0.05, 0) is 35.7 Å². The fourth-order valence-electron chi connectivity index (χ4n) is 3.88. The van der Waals surface area contributed by atoms with E-state index in [0.29, 0.717) is 53.0 Å². The van der Waals surface area contributed by atoms with Crippen LogP contribution in [0.2, 0.25) is 0 Å². The number of fused-ring (bicyclic) bond motifs is 2. The van der Waals surface area contributed by atoms with E-state index in [-0.39, 0.29) is 11.8 Å². The normalized spacial score (nSPS) is 11.4. The van der Waals surface area contributed by atoms with Gasteiger partial charge in [0.25, 0.3) is 6.01 Å². The zero-order chi connectivity index (χ0) is 22.9. The molecule has 0 amide bonds. The summed E-state index contributed by atoms with van der Waals surface area (Å²) in [6.07, 6.45) is 3.34. The molecule has 2 aromatic carbocycles. The van der Waals surface area contributed by atoms with Crippen molar-refractivity contribution in [2.45, 2.75) is 32.7 Å². The third kappa shape index (κ3) is 4.00. The van der Waals surface area contributed by atoms with Crippen LogP contribution in [0.3, 0.4) is 0 Å². The maximum atomic E-state index is 11.6. The molecule has 4 N–H and O–H groups in total. The van der Waals surface area contributed by atoms with E-state index in [1.807, 2.05) is 35.9 Å². The van der Waals surface area contributed by atoms with Gasteiger partial charge in [0.15, 0.2) is 11.2 Å². The van der Waals surface area contributed by atoms with Crippen molar-refractivity contribution in [1.29, 1.82) is 0 Å². The van der Waals surface area contributed by atoms with Crippen LogP contribution in [0.1, 0.15) is 30.9 Å². The van der Waals surface area contributed by atoms with Crippen LogP contribution in [0, 0.1) is 0 Å². The van der Waals surface area contributed by atoms with E-state index in [0.717, 1.165) is 23.1 Å². The Morgan fingerprint density at radius 3 is 2.64 bits per heavy atom. The molecule has 0 radical (unpaired) electrons. The number of anilines is 2. The molecule has 0 aliphatic carbocycles. The van der Waals surface area contributed by atoms with Gasteiger partial charge in [-0.25, -0.2) is 14.6 Å². The van der Waals surface area contributed by atoms with Crippen molar-refractivity contribution in [2.75, 3.05) is 11.5 Å². The number of rotatable bonds is 7. The minimum atomic E-state index is 0.114. The number of ketones is 1. The first-order valence-corrected chi connectivity index (χ1v) is 10.7. The zero-order valence-corrected chi connectivity index (χ0v) is 18.2. The number of aromatic nitrogens is 5. The molecular formula is C24H23N7O2. The van der Waals surface area contributed by atoms with E-state index in [2.05, 4.69) is 27.1 Å². The summed E-state index contributed by atoms with van der Waals surface area (Å²) in [6, 6.07) is 13.9. The summed E-state index contributed by atoms with van der Waals surface area (Å²) in [5.74, 6) is 0.635. The summed E-state index contributed by atoms with van der Waals surface area (Å²) < 4.78 is 7.19. The Kier molecular flexibility index (Phi) is 5.21. The number of nitrogens with two attached hydrogens (primary N) is 2. The fourth-order valence-corrected chi connectivity index (χ4v) is 3.88. The Bertz CT molecular complexity index is 1470. The lowest BCUT2D eigenvalue weighted by Crippen LogP contribution is -2.04. The number of nitrogen functional groups attached to an aromatic ring is 2. The van der Waals surface area contributed by atoms with Gasteiger partial charge in [0.05, 0.1) is 11.9 Å². The number of Topliss-reactive ketones (excluding diaryl/α,β-unsaturated/α-hetero) is 1. The molecule has 3 heterocycles. The topological polar surface area (TPSA) is 139 Å².